The van der Waals surface area contributed by atoms with Crippen molar-refractivity contribution in [2.75, 3.05) is 0 Å². The van der Waals surface area contributed by atoms with Gasteiger partial charge in [-0.15, -0.1) is 0 Å². The maximum atomic E-state index is 14.5. The highest BCUT2D eigenvalue weighted by Gasteiger charge is 2.14. The first-order chi connectivity index (χ1) is 14.8. The van der Waals surface area contributed by atoms with E-state index in [1.54, 1.807) is 26.0 Å². The summed E-state index contributed by atoms with van der Waals surface area (Å²) in [6.07, 6.45) is 10.5. The van der Waals surface area contributed by atoms with Crippen LogP contribution in [0.5, 0.6) is 0 Å². The molecule has 0 saturated carbocycles. The van der Waals surface area contributed by atoms with Crippen molar-refractivity contribution in [3.63, 3.8) is 0 Å². The van der Waals surface area contributed by atoms with Gasteiger partial charge in [-0.1, -0.05) is 83.7 Å². The molecule has 0 unspecified atom stereocenters. The molecule has 0 nitrogen and oxygen atoms in total. The molecule has 0 aliphatic rings. The Morgan fingerprint density at radius 2 is 1.38 bits per heavy atom. The third kappa shape index (κ3) is 9.82. The van der Waals surface area contributed by atoms with E-state index in [0.29, 0.717) is 17.1 Å². The third-order valence-corrected chi connectivity index (χ3v) is 4.61. The van der Waals surface area contributed by atoms with Crippen LogP contribution >= 0.6 is 0 Å². The van der Waals surface area contributed by atoms with Crippen molar-refractivity contribution in [3.05, 3.63) is 132 Å². The zero-order valence-electron chi connectivity index (χ0n) is 19.8. The van der Waals surface area contributed by atoms with E-state index in [0.717, 1.165) is 12.0 Å². The Labute approximate surface area is 192 Å². The number of halogens is 3. The summed E-state index contributed by atoms with van der Waals surface area (Å²) in [6.45, 7) is 30.0. The van der Waals surface area contributed by atoms with E-state index in [9.17, 15) is 13.2 Å². The topological polar surface area (TPSA) is 0 Å². The lowest BCUT2D eigenvalue weighted by Crippen LogP contribution is -1.92. The molecule has 0 aliphatic carbocycles. The summed E-state index contributed by atoms with van der Waals surface area (Å²) in [7, 11) is 0. The van der Waals surface area contributed by atoms with Crippen molar-refractivity contribution in [2.24, 2.45) is 5.92 Å². The van der Waals surface area contributed by atoms with Gasteiger partial charge in [0.2, 0.25) is 0 Å². The summed E-state index contributed by atoms with van der Waals surface area (Å²) in [6, 6.07) is 0. The van der Waals surface area contributed by atoms with Gasteiger partial charge in [0.1, 0.15) is 5.83 Å². The molecule has 0 atom stereocenters. The Morgan fingerprint density at radius 1 is 0.812 bits per heavy atom. The average molecular weight is 441 g/mol. The van der Waals surface area contributed by atoms with Gasteiger partial charge < -0.3 is 0 Å². The number of allylic oxidation sites excluding steroid dienone is 16. The fraction of sp³-hybridized carbons (Fsp3) is 0.241. The highest BCUT2D eigenvalue weighted by Crippen LogP contribution is 2.28. The standard InChI is InChI=1S/C29H35F3/c1-11-12-13-23(7)28(31)29(32)26(10)22(6)17-16-20(4)24(8)18-27(30)25(9)21(5)15-14-19(2)3/h11-12,15-19H,4,6-10,13-14H2,1-3,5H3/b12-11-,17-16-,21-15+,27-18+,29-28-. The molecule has 172 valence electrons. The molecule has 0 heterocycles. The van der Waals surface area contributed by atoms with E-state index in [4.69, 9.17) is 0 Å². The lowest BCUT2D eigenvalue weighted by molar-refractivity contribution is 0.555. The summed E-state index contributed by atoms with van der Waals surface area (Å²) < 4.78 is 43.1. The van der Waals surface area contributed by atoms with Crippen LogP contribution < -0.4 is 0 Å². The highest BCUT2D eigenvalue weighted by atomic mass is 19.2. The van der Waals surface area contributed by atoms with Crippen molar-refractivity contribution >= 4 is 0 Å². The van der Waals surface area contributed by atoms with E-state index in [-0.39, 0.29) is 28.7 Å². The molecule has 0 aromatic carbocycles. The Hall–Kier alpha value is -3.07. The first-order valence-corrected chi connectivity index (χ1v) is 10.4. The quantitative estimate of drug-likeness (QED) is 0.197. The Bertz CT molecular complexity index is 941. The summed E-state index contributed by atoms with van der Waals surface area (Å²) in [5.74, 6) is -2.23. The van der Waals surface area contributed by atoms with Gasteiger partial charge in [-0.05, 0) is 66.5 Å². The molecule has 0 bridgehead atoms. The van der Waals surface area contributed by atoms with Gasteiger partial charge in [-0.25, -0.2) is 13.2 Å². The Morgan fingerprint density at radius 3 is 1.91 bits per heavy atom. The highest BCUT2D eigenvalue weighted by molar-refractivity contribution is 5.54. The Balaban J connectivity index is 5.28. The second kappa shape index (κ2) is 14.1. The van der Waals surface area contributed by atoms with Crippen LogP contribution in [0.1, 0.15) is 40.5 Å². The van der Waals surface area contributed by atoms with Crippen LogP contribution in [0, 0.1) is 5.92 Å². The smallest absolute Gasteiger partial charge is 0.166 e. The van der Waals surface area contributed by atoms with E-state index in [1.165, 1.54) is 18.2 Å². The van der Waals surface area contributed by atoms with Crippen molar-refractivity contribution < 1.29 is 13.2 Å². The summed E-state index contributed by atoms with van der Waals surface area (Å²) in [5.41, 5.74) is 1.68. The van der Waals surface area contributed by atoms with Gasteiger partial charge >= 0.3 is 0 Å². The second-order valence-corrected chi connectivity index (χ2v) is 7.88. The van der Waals surface area contributed by atoms with Gasteiger partial charge in [-0.2, -0.15) is 0 Å². The maximum absolute atomic E-state index is 14.5. The molecule has 32 heavy (non-hydrogen) atoms. The number of hydrogen-bond donors (Lipinski definition) is 0. The van der Waals surface area contributed by atoms with Crippen LogP contribution in [0.4, 0.5) is 13.2 Å². The summed E-state index contributed by atoms with van der Waals surface area (Å²) in [5, 5.41) is 0. The molecule has 0 rings (SSSR count). The van der Waals surface area contributed by atoms with Gasteiger partial charge in [0, 0.05) is 11.1 Å². The molecule has 0 saturated heterocycles. The van der Waals surface area contributed by atoms with Gasteiger partial charge in [0.05, 0.1) is 0 Å². The lowest BCUT2D eigenvalue weighted by atomic mass is 10.00. The van der Waals surface area contributed by atoms with E-state index >= 15 is 0 Å². The van der Waals surface area contributed by atoms with Crippen LogP contribution in [0.2, 0.25) is 0 Å². The summed E-state index contributed by atoms with van der Waals surface area (Å²) >= 11 is 0. The first kappa shape index (κ1) is 28.9. The molecule has 0 N–H and O–H groups in total. The maximum Gasteiger partial charge on any atom is 0.166 e. The van der Waals surface area contributed by atoms with Crippen molar-refractivity contribution in [1.29, 1.82) is 0 Å². The fourth-order valence-corrected chi connectivity index (χ4v) is 2.24. The Kier molecular flexibility index (Phi) is 12.7. The molecular weight excluding hydrogens is 405 g/mol. The molecule has 0 radical (unpaired) electrons. The molecule has 0 fully saturated rings. The molecular formula is C29H35F3. The van der Waals surface area contributed by atoms with Crippen molar-refractivity contribution in [2.45, 2.75) is 40.5 Å². The largest absolute Gasteiger partial charge is 0.206 e. The minimum absolute atomic E-state index is 0.00916. The zero-order chi connectivity index (χ0) is 25.0. The minimum Gasteiger partial charge on any atom is -0.206 e. The lowest BCUT2D eigenvalue weighted by Gasteiger charge is -2.08. The van der Waals surface area contributed by atoms with Crippen LogP contribution in [0.25, 0.3) is 0 Å². The second-order valence-electron chi connectivity index (χ2n) is 7.88. The predicted molar refractivity (Wildman–Crippen MR) is 135 cm³/mol. The predicted octanol–water partition coefficient (Wildman–Crippen LogP) is 9.84. The SMILES string of the molecule is C=C(/C=C\C(=C)C(=C)/C(F)=C(/F)C(=C)C/C=C\C)C(=C)/C=C(/F)C(=C)/C(C)=C/CC(C)C. The number of hydrogen-bond acceptors (Lipinski definition) is 0. The van der Waals surface area contributed by atoms with E-state index in [2.05, 4.69) is 53.3 Å². The van der Waals surface area contributed by atoms with Crippen LogP contribution in [0.3, 0.4) is 0 Å². The van der Waals surface area contributed by atoms with Crippen LogP contribution in [-0.4, -0.2) is 0 Å². The molecule has 3 heteroatoms. The third-order valence-electron chi connectivity index (χ3n) is 4.61. The molecule has 0 amide bonds. The average Bonchev–Trinajstić information content (AvgIpc) is 2.76. The van der Waals surface area contributed by atoms with Crippen molar-refractivity contribution in [3.8, 4) is 0 Å². The molecule has 0 aromatic rings. The van der Waals surface area contributed by atoms with Gasteiger partial charge in [-0.3, -0.25) is 0 Å². The molecule has 0 spiro atoms. The van der Waals surface area contributed by atoms with E-state index < -0.39 is 17.5 Å². The van der Waals surface area contributed by atoms with Gasteiger partial charge in [0.15, 0.2) is 11.7 Å². The molecule has 0 aliphatic heterocycles. The van der Waals surface area contributed by atoms with Crippen molar-refractivity contribution in [1.82, 2.24) is 0 Å². The monoisotopic (exact) mass is 440 g/mol. The van der Waals surface area contributed by atoms with Crippen LogP contribution in [0.15, 0.2) is 132 Å². The van der Waals surface area contributed by atoms with Gasteiger partial charge in [0.25, 0.3) is 0 Å². The minimum atomic E-state index is -1.12. The summed E-state index contributed by atoms with van der Waals surface area (Å²) in [4.78, 5) is 0. The molecule has 0 aromatic heterocycles. The number of rotatable bonds is 13. The zero-order valence-corrected chi connectivity index (χ0v) is 19.8. The fourth-order valence-electron chi connectivity index (χ4n) is 2.24. The van der Waals surface area contributed by atoms with Crippen LogP contribution in [-0.2, 0) is 0 Å². The first-order valence-electron chi connectivity index (χ1n) is 10.4. The van der Waals surface area contributed by atoms with E-state index in [1.807, 2.05) is 6.08 Å². The normalized spacial score (nSPS) is 13.5.